The zero-order chi connectivity index (χ0) is 14.4. The molecule has 1 amide bonds. The molecule has 0 unspecified atom stereocenters. The number of amides is 1. The third-order valence-corrected chi connectivity index (χ3v) is 4.69. The average Bonchev–Trinajstić information content (AvgIpc) is 2.86. The van der Waals surface area contributed by atoms with Crippen molar-refractivity contribution in [3.05, 3.63) is 45.8 Å². The van der Waals surface area contributed by atoms with E-state index in [1.165, 1.54) is 6.42 Å². The number of rotatable bonds is 1. The lowest BCUT2D eigenvalue weighted by Crippen LogP contribution is -2.37. The third-order valence-electron chi connectivity index (χ3n) is 4.69. The molecule has 1 aromatic heterocycles. The number of carbonyl (C=O) groups is 1. The van der Waals surface area contributed by atoms with Crippen molar-refractivity contribution >= 4 is 16.9 Å². The van der Waals surface area contributed by atoms with Gasteiger partial charge < -0.3 is 9.32 Å². The molecule has 1 saturated carbocycles. The third kappa shape index (κ3) is 1.89. The van der Waals surface area contributed by atoms with Crippen molar-refractivity contribution in [1.82, 2.24) is 4.90 Å². The van der Waals surface area contributed by atoms with Crippen molar-refractivity contribution in [2.45, 2.75) is 44.7 Å². The number of para-hydroxylation sites is 1. The average molecular weight is 283 g/mol. The van der Waals surface area contributed by atoms with E-state index in [2.05, 4.69) is 0 Å². The van der Waals surface area contributed by atoms with Crippen molar-refractivity contribution in [3.8, 4) is 0 Å². The number of fused-ring (bicyclic) bond motifs is 2. The highest BCUT2D eigenvalue weighted by Crippen LogP contribution is 2.31. The number of benzene rings is 1. The van der Waals surface area contributed by atoms with E-state index in [4.69, 9.17) is 4.42 Å². The van der Waals surface area contributed by atoms with Gasteiger partial charge >= 0.3 is 0 Å². The zero-order valence-corrected chi connectivity index (χ0v) is 11.8. The Kier molecular flexibility index (Phi) is 2.84. The van der Waals surface area contributed by atoms with Crippen molar-refractivity contribution in [2.75, 3.05) is 0 Å². The van der Waals surface area contributed by atoms with Gasteiger partial charge in [-0.05, 0) is 25.0 Å². The van der Waals surface area contributed by atoms with Crippen LogP contribution in [0.2, 0.25) is 0 Å². The standard InChI is InChI=1S/C17H17NO3/c19-15-12-8-4-5-9-14(12)21-16-13(15)10-18(17(16)20)11-6-2-1-3-7-11/h4-5,8-9,11H,1-3,6-7,10H2. The maximum Gasteiger partial charge on any atom is 0.290 e. The van der Waals surface area contributed by atoms with Crippen molar-refractivity contribution in [3.63, 3.8) is 0 Å². The van der Waals surface area contributed by atoms with E-state index in [1.807, 2.05) is 17.0 Å². The predicted octanol–water partition coefficient (Wildman–Crippen LogP) is 3.08. The van der Waals surface area contributed by atoms with Crippen LogP contribution < -0.4 is 5.43 Å². The fourth-order valence-corrected chi connectivity index (χ4v) is 3.56. The molecule has 1 aliphatic heterocycles. The van der Waals surface area contributed by atoms with Gasteiger partial charge in [0.25, 0.3) is 5.91 Å². The van der Waals surface area contributed by atoms with E-state index in [0.717, 1.165) is 25.7 Å². The summed E-state index contributed by atoms with van der Waals surface area (Å²) in [5.41, 5.74) is 0.975. The maximum atomic E-state index is 12.6. The SMILES string of the molecule is O=C1c2oc3ccccc3c(=O)c2CN1C1CCCCC1. The normalized spacial score (nSPS) is 19.2. The van der Waals surface area contributed by atoms with Crippen LogP contribution in [0, 0.1) is 0 Å². The van der Waals surface area contributed by atoms with Crippen LogP contribution >= 0.6 is 0 Å². The summed E-state index contributed by atoms with van der Waals surface area (Å²) in [4.78, 5) is 27.0. The summed E-state index contributed by atoms with van der Waals surface area (Å²) < 4.78 is 5.73. The number of hydrogen-bond donors (Lipinski definition) is 0. The summed E-state index contributed by atoms with van der Waals surface area (Å²) in [7, 11) is 0. The second-order valence-electron chi connectivity index (χ2n) is 5.96. The van der Waals surface area contributed by atoms with Gasteiger partial charge in [0.15, 0.2) is 5.43 Å². The summed E-state index contributed by atoms with van der Waals surface area (Å²) in [6, 6.07) is 7.40. The van der Waals surface area contributed by atoms with Crippen LogP contribution in [-0.4, -0.2) is 16.8 Å². The van der Waals surface area contributed by atoms with Gasteiger partial charge in [-0.15, -0.1) is 0 Å². The monoisotopic (exact) mass is 283 g/mol. The van der Waals surface area contributed by atoms with E-state index in [0.29, 0.717) is 23.1 Å². The summed E-state index contributed by atoms with van der Waals surface area (Å²) in [5.74, 6) is 0.143. The molecule has 0 radical (unpaired) electrons. The van der Waals surface area contributed by atoms with Crippen LogP contribution in [0.5, 0.6) is 0 Å². The molecule has 108 valence electrons. The zero-order valence-electron chi connectivity index (χ0n) is 11.8. The van der Waals surface area contributed by atoms with Crippen LogP contribution in [0.1, 0.15) is 48.2 Å². The topological polar surface area (TPSA) is 50.5 Å². The minimum atomic E-state index is -0.111. The molecular formula is C17H17NO3. The molecule has 21 heavy (non-hydrogen) atoms. The molecule has 0 atom stereocenters. The highest BCUT2D eigenvalue weighted by atomic mass is 16.3. The number of carbonyl (C=O) groups excluding carboxylic acids is 1. The largest absolute Gasteiger partial charge is 0.450 e. The van der Waals surface area contributed by atoms with Gasteiger partial charge in [0, 0.05) is 6.04 Å². The van der Waals surface area contributed by atoms with E-state index in [1.54, 1.807) is 12.1 Å². The second-order valence-corrected chi connectivity index (χ2v) is 5.96. The Hall–Kier alpha value is -2.10. The molecule has 4 rings (SSSR count). The van der Waals surface area contributed by atoms with Crippen molar-refractivity contribution in [1.29, 1.82) is 0 Å². The molecule has 4 heteroatoms. The molecule has 1 aliphatic carbocycles. The van der Waals surface area contributed by atoms with Crippen LogP contribution in [0.25, 0.3) is 11.0 Å². The first kappa shape index (κ1) is 12.6. The van der Waals surface area contributed by atoms with Crippen molar-refractivity contribution in [2.24, 2.45) is 0 Å². The minimum absolute atomic E-state index is 0.0569. The fraction of sp³-hybridized carbons (Fsp3) is 0.412. The Morgan fingerprint density at radius 2 is 1.81 bits per heavy atom. The number of nitrogens with zero attached hydrogens (tertiary/aromatic N) is 1. The van der Waals surface area contributed by atoms with E-state index >= 15 is 0 Å². The lowest BCUT2D eigenvalue weighted by Gasteiger charge is -2.30. The van der Waals surface area contributed by atoms with Gasteiger partial charge in [0.2, 0.25) is 5.76 Å². The molecule has 1 aromatic carbocycles. The first-order chi connectivity index (χ1) is 10.3. The van der Waals surface area contributed by atoms with Crippen LogP contribution in [0.3, 0.4) is 0 Å². The smallest absolute Gasteiger partial charge is 0.290 e. The van der Waals surface area contributed by atoms with Gasteiger partial charge in [0.05, 0.1) is 17.5 Å². The van der Waals surface area contributed by atoms with Gasteiger partial charge in [-0.3, -0.25) is 9.59 Å². The molecule has 1 fully saturated rings. The van der Waals surface area contributed by atoms with Crippen LogP contribution in [0.15, 0.2) is 33.5 Å². The Labute approximate surface area is 122 Å². The predicted molar refractivity (Wildman–Crippen MR) is 79.2 cm³/mol. The Bertz CT molecular complexity index is 771. The van der Waals surface area contributed by atoms with Crippen LogP contribution in [0.4, 0.5) is 0 Å². The summed E-state index contributed by atoms with van der Waals surface area (Å²) in [5, 5.41) is 0.564. The van der Waals surface area contributed by atoms with Crippen molar-refractivity contribution < 1.29 is 9.21 Å². The summed E-state index contributed by atoms with van der Waals surface area (Å²) in [6.45, 7) is 0.409. The van der Waals surface area contributed by atoms with E-state index < -0.39 is 0 Å². The van der Waals surface area contributed by atoms with E-state index in [-0.39, 0.29) is 23.1 Å². The second kappa shape index (κ2) is 4.72. The molecule has 0 saturated heterocycles. The highest BCUT2D eigenvalue weighted by Gasteiger charge is 2.37. The lowest BCUT2D eigenvalue weighted by atomic mass is 9.94. The Morgan fingerprint density at radius 1 is 1.05 bits per heavy atom. The molecule has 2 aromatic rings. The lowest BCUT2D eigenvalue weighted by molar-refractivity contribution is 0.0638. The fourth-order valence-electron chi connectivity index (χ4n) is 3.56. The molecule has 0 bridgehead atoms. The maximum absolute atomic E-state index is 12.6. The first-order valence-corrected chi connectivity index (χ1v) is 7.61. The first-order valence-electron chi connectivity index (χ1n) is 7.61. The molecule has 2 aliphatic rings. The quantitative estimate of drug-likeness (QED) is 0.808. The number of hydrogen-bond acceptors (Lipinski definition) is 3. The van der Waals surface area contributed by atoms with Crippen LogP contribution in [-0.2, 0) is 6.54 Å². The van der Waals surface area contributed by atoms with Gasteiger partial charge in [0.1, 0.15) is 5.58 Å². The summed E-state index contributed by atoms with van der Waals surface area (Å²) >= 11 is 0. The molecule has 4 nitrogen and oxygen atoms in total. The molecule has 0 spiro atoms. The molecule has 2 heterocycles. The van der Waals surface area contributed by atoms with E-state index in [9.17, 15) is 9.59 Å². The minimum Gasteiger partial charge on any atom is -0.450 e. The Balaban J connectivity index is 1.80. The Morgan fingerprint density at radius 3 is 2.62 bits per heavy atom. The van der Waals surface area contributed by atoms with Gasteiger partial charge in [-0.25, -0.2) is 0 Å². The van der Waals surface area contributed by atoms with Gasteiger partial charge in [-0.1, -0.05) is 31.4 Å². The highest BCUT2D eigenvalue weighted by molar-refractivity contribution is 5.97. The molecular weight excluding hydrogens is 266 g/mol. The molecule has 0 N–H and O–H groups in total. The van der Waals surface area contributed by atoms with Gasteiger partial charge in [-0.2, -0.15) is 0 Å². The summed E-state index contributed by atoms with van der Waals surface area (Å²) in [6.07, 6.45) is 5.63.